The van der Waals surface area contributed by atoms with E-state index in [4.69, 9.17) is 65.9 Å². The average molecular weight is 1320 g/mol. The number of unbranched alkanes of at least 4 members (excludes halogenated alkanes) is 1. The number of nitriles is 1. The number of esters is 3. The molecule has 10 atom stereocenters. The Morgan fingerprint density at radius 3 is 1.74 bits per heavy atom. The Labute approximate surface area is 552 Å². The summed E-state index contributed by atoms with van der Waals surface area (Å²) < 4.78 is 90.2. The number of hydrogen-bond acceptors (Lipinski definition) is 21. The van der Waals surface area contributed by atoms with Gasteiger partial charge in [-0.15, -0.1) is 0 Å². The molecule has 0 spiro atoms. The summed E-state index contributed by atoms with van der Waals surface area (Å²) in [6.45, 7) is 27.9. The minimum Gasteiger partial charge on any atom is -0.497 e. The van der Waals surface area contributed by atoms with E-state index in [1.165, 1.54) is 20.8 Å². The van der Waals surface area contributed by atoms with Gasteiger partial charge in [0.05, 0.1) is 63.8 Å². The molecule has 93 heavy (non-hydrogen) atoms. The van der Waals surface area contributed by atoms with Crippen LogP contribution in [0.1, 0.15) is 159 Å². The summed E-state index contributed by atoms with van der Waals surface area (Å²) in [5, 5.41) is 15.3. The van der Waals surface area contributed by atoms with Crippen LogP contribution in [0.25, 0.3) is 0 Å². The number of methoxy groups -OCH3 is 2. The number of hydrogen-bond donors (Lipinski definition) is 2. The van der Waals surface area contributed by atoms with Crippen LogP contribution in [0, 0.1) is 16.7 Å². The molecule has 2 fully saturated rings. The van der Waals surface area contributed by atoms with Crippen LogP contribution in [-0.4, -0.2) is 173 Å². The number of carbonyl (C=O) groups is 5. The lowest BCUT2D eigenvalue weighted by Gasteiger charge is -2.44. The second-order valence-corrected chi connectivity index (χ2v) is 27.5. The molecule has 0 aliphatic carbocycles. The van der Waals surface area contributed by atoms with Crippen molar-refractivity contribution in [3.63, 3.8) is 0 Å². The lowest BCUT2D eigenvalue weighted by Crippen LogP contribution is -2.66. The lowest BCUT2D eigenvalue weighted by molar-refractivity contribution is -0.277. The Morgan fingerprint density at radius 2 is 1.20 bits per heavy atom. The van der Waals surface area contributed by atoms with Crippen molar-refractivity contribution in [3.05, 3.63) is 95.6 Å². The van der Waals surface area contributed by atoms with Gasteiger partial charge in [0.15, 0.2) is 18.5 Å². The summed E-state index contributed by atoms with van der Waals surface area (Å²) in [5.74, 6) is -1.31. The molecule has 2 aliphatic rings. The molecule has 0 bridgehead atoms. The number of carbonyl (C=O) groups excluding carboxylic acids is 5. The second kappa shape index (κ2) is 36.9. The zero-order chi connectivity index (χ0) is 68.7. The quantitative estimate of drug-likeness (QED) is 0.0135. The van der Waals surface area contributed by atoms with E-state index in [1.807, 2.05) is 94.4 Å². The molecular formula is C69H103N4O19P. The first-order valence-corrected chi connectivity index (χ1v) is 33.2. The first-order chi connectivity index (χ1) is 43.9. The van der Waals surface area contributed by atoms with Gasteiger partial charge in [0.1, 0.15) is 61.0 Å². The van der Waals surface area contributed by atoms with Crippen LogP contribution in [0.15, 0.2) is 78.9 Å². The fraction of sp³-hybridized carbons (Fsp3) is 0.652. The van der Waals surface area contributed by atoms with Crippen molar-refractivity contribution in [1.29, 1.82) is 5.26 Å². The maximum Gasteiger partial charge on any atom is 0.303 e. The van der Waals surface area contributed by atoms with E-state index >= 15 is 0 Å². The Bertz CT molecular complexity index is 2780. The average Bonchev–Trinajstić information content (AvgIpc) is 1.61. The zero-order valence-electron chi connectivity index (χ0n) is 57.6. The van der Waals surface area contributed by atoms with E-state index in [1.54, 1.807) is 14.2 Å². The van der Waals surface area contributed by atoms with Crippen molar-refractivity contribution in [2.24, 2.45) is 5.41 Å². The third-order valence-corrected chi connectivity index (χ3v) is 17.9. The van der Waals surface area contributed by atoms with Crippen LogP contribution in [0.4, 0.5) is 0 Å². The highest BCUT2D eigenvalue weighted by Gasteiger charge is 2.55. The SMILES string of the molecule is COc1ccc(C(OC[C@H]2OC(C(C)(C)C)C(OCOC(C)(C)CCOC(C)(C)CCNC(=O)CCCCOC3OC(COC(C)=O)C(OC(C)=O)C(OC(C)=O)C3NC(C)=O)C2OP(OCCC#N)N(C(C)C)C(C)C)(c2ccccc2)c2ccc(OC)cc2)cc1. The molecule has 2 N–H and O–H groups in total. The Kier molecular flexibility index (Phi) is 30.8. The van der Waals surface area contributed by atoms with Crippen molar-refractivity contribution >= 4 is 38.2 Å². The molecule has 2 heterocycles. The minimum absolute atomic E-state index is 0.0116. The van der Waals surface area contributed by atoms with Crippen LogP contribution < -0.4 is 20.1 Å². The number of rotatable bonds is 38. The molecule has 0 saturated carbocycles. The summed E-state index contributed by atoms with van der Waals surface area (Å²) in [4.78, 5) is 61.4. The predicted molar refractivity (Wildman–Crippen MR) is 347 cm³/mol. The van der Waals surface area contributed by atoms with Gasteiger partial charge in [-0.25, -0.2) is 4.67 Å². The summed E-state index contributed by atoms with van der Waals surface area (Å²) in [5.41, 5.74) is -0.381. The largest absolute Gasteiger partial charge is 0.497 e. The molecule has 2 aliphatic heterocycles. The summed E-state index contributed by atoms with van der Waals surface area (Å²) >= 11 is 0. The van der Waals surface area contributed by atoms with E-state index in [0.29, 0.717) is 50.3 Å². The topological polar surface area (TPSA) is 266 Å². The normalized spacial score (nSPS) is 21.4. The van der Waals surface area contributed by atoms with Crippen molar-refractivity contribution < 1.29 is 89.9 Å². The van der Waals surface area contributed by atoms with Gasteiger partial charge in [-0.2, -0.15) is 5.26 Å². The first kappa shape index (κ1) is 77.8. The van der Waals surface area contributed by atoms with Gasteiger partial charge in [0.2, 0.25) is 11.8 Å². The number of benzene rings is 3. The molecule has 0 radical (unpaired) electrons. The van der Waals surface area contributed by atoms with Crippen LogP contribution in [-0.2, 0) is 86.0 Å². The summed E-state index contributed by atoms with van der Waals surface area (Å²) in [6, 6.07) is 27.0. The number of nitrogens with zero attached hydrogens (tertiary/aromatic N) is 2. The highest BCUT2D eigenvalue weighted by atomic mass is 31.2. The molecule has 3 aromatic carbocycles. The van der Waals surface area contributed by atoms with Crippen LogP contribution in [0.3, 0.4) is 0 Å². The fourth-order valence-electron chi connectivity index (χ4n) is 11.1. The maximum absolute atomic E-state index is 13.0. The second-order valence-electron chi connectivity index (χ2n) is 26.1. The van der Waals surface area contributed by atoms with Crippen molar-refractivity contribution in [2.45, 2.75) is 226 Å². The molecular weight excluding hydrogens is 1220 g/mol. The van der Waals surface area contributed by atoms with E-state index in [9.17, 15) is 29.2 Å². The van der Waals surface area contributed by atoms with Gasteiger partial charge in [0.25, 0.3) is 8.53 Å². The highest BCUT2D eigenvalue weighted by molar-refractivity contribution is 7.44. The predicted octanol–water partition coefficient (Wildman–Crippen LogP) is 10.2. The van der Waals surface area contributed by atoms with Gasteiger partial charge in [-0.05, 0) is 127 Å². The van der Waals surface area contributed by atoms with E-state index in [0.717, 1.165) is 23.6 Å². The first-order valence-electron chi connectivity index (χ1n) is 32.0. The lowest BCUT2D eigenvalue weighted by atomic mass is 9.80. The van der Waals surface area contributed by atoms with Crippen molar-refractivity contribution in [1.82, 2.24) is 15.3 Å². The van der Waals surface area contributed by atoms with Crippen LogP contribution in [0.5, 0.6) is 11.5 Å². The number of nitrogens with one attached hydrogen (secondary N) is 2. The molecule has 5 rings (SSSR count). The van der Waals surface area contributed by atoms with E-state index < -0.39 is 110 Å². The number of amides is 2. The van der Waals surface area contributed by atoms with Crippen molar-refractivity contribution in [2.75, 3.05) is 60.6 Å². The molecule has 0 aromatic heterocycles. The Morgan fingerprint density at radius 1 is 0.634 bits per heavy atom. The van der Waals surface area contributed by atoms with Crippen molar-refractivity contribution in [3.8, 4) is 17.6 Å². The zero-order valence-corrected chi connectivity index (χ0v) is 58.5. The highest BCUT2D eigenvalue weighted by Crippen LogP contribution is 2.52. The maximum atomic E-state index is 13.0. The fourth-order valence-corrected chi connectivity index (χ4v) is 12.9. The molecule has 9 unspecified atom stereocenters. The third kappa shape index (κ3) is 23.8. The van der Waals surface area contributed by atoms with Gasteiger partial charge >= 0.3 is 17.9 Å². The standard InChI is InChI=1S/C69H103N4O19P/c1-45(2)73(46(3)4)93(87-40-23-37-70)92-61-57(43-85-69(51-24-19-18-20-25-51,52-27-31-54(79-16)32-28-52)53-29-33-55(80-17)34-30-53)90-64(66(9,10)11)63(61)83-44-86-68(14,15)36-41-84-67(12,13)35-38-71-58(78)26-21-22-39-81-65-59(72-47(5)74)62(89-50(8)77)60(88-49(7)76)56(91-65)42-82-48(6)75/h18-20,24-25,27-34,45-46,56-57,59-65H,21-23,26,35-36,38-44H2,1-17H3,(H,71,78)(H,72,74)/t56?,57-,59?,60?,61?,62?,63?,64?,65?,93?/m1/s1. The molecule has 3 aromatic rings. The van der Waals surface area contributed by atoms with Crippen LogP contribution in [0.2, 0.25) is 0 Å². The summed E-state index contributed by atoms with van der Waals surface area (Å²) in [6.07, 6.45) is -5.21. The minimum atomic E-state index is -1.79. The molecule has 24 heteroatoms. The third-order valence-electron chi connectivity index (χ3n) is 15.8. The monoisotopic (exact) mass is 1320 g/mol. The van der Waals surface area contributed by atoms with Gasteiger partial charge < -0.3 is 76.5 Å². The molecule has 2 amide bonds. The van der Waals surface area contributed by atoms with E-state index in [-0.39, 0.29) is 64.1 Å². The molecule has 23 nitrogen and oxygen atoms in total. The van der Waals surface area contributed by atoms with Gasteiger partial charge in [-0.3, -0.25) is 24.0 Å². The Hall–Kier alpha value is -5.87. The van der Waals surface area contributed by atoms with Crippen LogP contribution >= 0.6 is 8.53 Å². The van der Waals surface area contributed by atoms with Gasteiger partial charge in [0, 0.05) is 59.4 Å². The number of ether oxygens (including phenoxy) is 12. The smallest absolute Gasteiger partial charge is 0.303 e. The van der Waals surface area contributed by atoms with E-state index in [2.05, 4.69) is 82.0 Å². The summed E-state index contributed by atoms with van der Waals surface area (Å²) in [7, 11) is 1.48. The van der Waals surface area contributed by atoms with Gasteiger partial charge in [-0.1, -0.05) is 75.4 Å². The molecule has 518 valence electrons. The molecule has 2 saturated heterocycles. The Balaban J connectivity index is 1.24.